The average molecular weight is 524 g/mol. The highest BCUT2D eigenvalue weighted by atomic mass is 35.5. The van der Waals surface area contributed by atoms with E-state index in [-0.39, 0.29) is 19.7 Å². The number of hydrogen-bond acceptors (Lipinski definition) is 9. The lowest BCUT2D eigenvalue weighted by Crippen LogP contribution is -2.48. The summed E-state index contributed by atoms with van der Waals surface area (Å²) in [7, 11) is 1.48. The number of aliphatic hydroxyl groups is 1. The van der Waals surface area contributed by atoms with Gasteiger partial charge in [0.05, 0.1) is 39.6 Å². The van der Waals surface area contributed by atoms with Gasteiger partial charge in [-0.2, -0.15) is 0 Å². The first kappa shape index (κ1) is 27.2. The van der Waals surface area contributed by atoms with E-state index in [9.17, 15) is 24.6 Å². The molecule has 0 aliphatic carbocycles. The second-order valence-corrected chi connectivity index (χ2v) is 8.53. The Morgan fingerprint density at radius 3 is 2.50 bits per heavy atom. The Bertz CT molecular complexity index is 1080. The molecule has 3 N–H and O–H groups in total. The van der Waals surface area contributed by atoms with Gasteiger partial charge in [-0.25, -0.2) is 4.79 Å². The Balaban J connectivity index is 1.76. The molecule has 3 rings (SSSR count). The van der Waals surface area contributed by atoms with Crippen LogP contribution >= 0.6 is 11.6 Å². The van der Waals surface area contributed by atoms with Gasteiger partial charge in [0.25, 0.3) is 0 Å². The zero-order chi connectivity index (χ0) is 26.3. The molecule has 2 aromatic carbocycles. The molecule has 3 atom stereocenters. The van der Waals surface area contributed by atoms with Crippen LogP contribution in [0.5, 0.6) is 11.5 Å². The maximum absolute atomic E-state index is 12.4. The summed E-state index contributed by atoms with van der Waals surface area (Å²) < 4.78 is 17.6. The van der Waals surface area contributed by atoms with Crippen molar-refractivity contribution in [2.45, 2.75) is 30.7 Å². The van der Waals surface area contributed by atoms with Crippen LogP contribution in [0.2, 0.25) is 5.02 Å². The fourth-order valence-corrected chi connectivity index (χ4v) is 3.83. The summed E-state index contributed by atoms with van der Waals surface area (Å²) in [6.45, 7) is 0.366. The number of aliphatic carboxylic acids is 2. The third-order valence-electron chi connectivity index (χ3n) is 5.41. The molecule has 36 heavy (non-hydrogen) atoms. The number of halogens is 1. The molecule has 1 heterocycles. The number of carbonyl (C=O) groups excluding carboxylic acids is 1. The number of methoxy groups -OCH3 is 1. The minimum Gasteiger partial charge on any atom is -0.493 e. The molecular formula is C24H26ClNO10. The largest absolute Gasteiger partial charge is 0.493 e. The number of ether oxygens (including phenoxy) is 3. The minimum atomic E-state index is -2.80. The number of rotatable bonds is 11. The van der Waals surface area contributed by atoms with Crippen LogP contribution in [-0.2, 0) is 24.0 Å². The number of benzene rings is 2. The monoisotopic (exact) mass is 523 g/mol. The van der Waals surface area contributed by atoms with Gasteiger partial charge >= 0.3 is 17.9 Å². The molecule has 0 saturated carbocycles. The van der Waals surface area contributed by atoms with Gasteiger partial charge in [0.1, 0.15) is 6.10 Å². The Hall–Kier alpha value is -3.38. The highest BCUT2D eigenvalue weighted by molar-refractivity contribution is 6.30. The lowest BCUT2D eigenvalue weighted by molar-refractivity contribution is -0.226. The normalized spacial score (nSPS) is 18.5. The van der Waals surface area contributed by atoms with E-state index in [1.165, 1.54) is 12.2 Å². The summed E-state index contributed by atoms with van der Waals surface area (Å²) in [5, 5.41) is 29.9. The van der Waals surface area contributed by atoms with Crippen LogP contribution in [0.1, 0.15) is 24.5 Å². The SMILES string of the molecule is COc1cc(Cl)ccc1OC(c1ccccc1)[C@@H]1CN(OC(=O)CC(O)(CC(=O)O)C(=O)O)CCO1. The van der Waals surface area contributed by atoms with Crippen LogP contribution in [0.4, 0.5) is 0 Å². The quantitative estimate of drug-likeness (QED) is 0.397. The zero-order valence-electron chi connectivity index (χ0n) is 19.3. The summed E-state index contributed by atoms with van der Waals surface area (Å²) in [5.41, 5.74) is -2.02. The molecule has 0 spiro atoms. The third-order valence-corrected chi connectivity index (χ3v) is 5.65. The number of carboxylic acids is 2. The van der Waals surface area contributed by atoms with E-state index in [1.807, 2.05) is 30.3 Å². The van der Waals surface area contributed by atoms with E-state index >= 15 is 0 Å². The highest BCUT2D eigenvalue weighted by Crippen LogP contribution is 2.36. The van der Waals surface area contributed by atoms with Gasteiger partial charge in [-0.05, 0) is 17.7 Å². The molecular weight excluding hydrogens is 498 g/mol. The Labute approximate surface area is 211 Å². The van der Waals surface area contributed by atoms with Crippen LogP contribution in [0, 0.1) is 0 Å². The van der Waals surface area contributed by atoms with Crippen molar-refractivity contribution in [3.8, 4) is 11.5 Å². The van der Waals surface area contributed by atoms with E-state index in [2.05, 4.69) is 0 Å². The Morgan fingerprint density at radius 1 is 1.14 bits per heavy atom. The lowest BCUT2D eigenvalue weighted by atomic mass is 9.96. The van der Waals surface area contributed by atoms with Crippen molar-refractivity contribution in [2.75, 3.05) is 26.8 Å². The second-order valence-electron chi connectivity index (χ2n) is 8.09. The van der Waals surface area contributed by atoms with E-state index in [4.69, 9.17) is 35.8 Å². The fourth-order valence-electron chi connectivity index (χ4n) is 3.67. The molecule has 12 heteroatoms. The summed E-state index contributed by atoms with van der Waals surface area (Å²) >= 11 is 6.06. The van der Waals surface area contributed by atoms with Crippen molar-refractivity contribution in [3.05, 3.63) is 59.1 Å². The topological polar surface area (TPSA) is 152 Å². The molecule has 1 aliphatic heterocycles. The zero-order valence-corrected chi connectivity index (χ0v) is 20.1. The van der Waals surface area contributed by atoms with Crippen LogP contribution in [0.3, 0.4) is 0 Å². The van der Waals surface area contributed by atoms with Crippen molar-refractivity contribution in [3.63, 3.8) is 0 Å². The van der Waals surface area contributed by atoms with Crippen molar-refractivity contribution in [2.24, 2.45) is 0 Å². The maximum atomic E-state index is 12.4. The molecule has 0 amide bonds. The molecule has 2 unspecified atom stereocenters. The first-order valence-corrected chi connectivity index (χ1v) is 11.3. The molecule has 1 saturated heterocycles. The van der Waals surface area contributed by atoms with E-state index < -0.39 is 48.6 Å². The van der Waals surface area contributed by atoms with Gasteiger partial charge in [-0.3, -0.25) is 9.59 Å². The summed E-state index contributed by atoms with van der Waals surface area (Å²) in [5.74, 6) is -3.68. The summed E-state index contributed by atoms with van der Waals surface area (Å²) in [6, 6.07) is 14.1. The minimum absolute atomic E-state index is 0.0473. The van der Waals surface area contributed by atoms with E-state index in [1.54, 1.807) is 18.2 Å². The first-order chi connectivity index (χ1) is 17.1. The van der Waals surface area contributed by atoms with E-state index in [0.29, 0.717) is 16.5 Å². The lowest BCUT2D eigenvalue weighted by Gasteiger charge is -2.36. The number of carbonyl (C=O) groups is 3. The van der Waals surface area contributed by atoms with Gasteiger partial charge in [-0.15, -0.1) is 5.06 Å². The standard InChI is InChI=1S/C24H26ClNO10/c1-33-18-11-16(25)7-8-17(18)35-22(15-5-3-2-4-6-15)19-14-26(9-10-34-19)36-21(29)13-24(32,23(30)31)12-20(27)28/h2-8,11,19,22,32H,9-10,12-14H2,1H3,(H,27,28)(H,30,31)/t19-,22?,24?/m0/s1. The van der Waals surface area contributed by atoms with E-state index in [0.717, 1.165) is 5.56 Å². The predicted molar refractivity (Wildman–Crippen MR) is 125 cm³/mol. The van der Waals surface area contributed by atoms with Gasteiger partial charge < -0.3 is 34.4 Å². The van der Waals surface area contributed by atoms with Gasteiger partial charge in [0, 0.05) is 11.1 Å². The van der Waals surface area contributed by atoms with Gasteiger partial charge in [0.15, 0.2) is 23.2 Å². The van der Waals surface area contributed by atoms with Crippen LogP contribution in [0.15, 0.2) is 48.5 Å². The van der Waals surface area contributed by atoms with Gasteiger partial charge in [0.2, 0.25) is 0 Å². The van der Waals surface area contributed by atoms with Crippen molar-refractivity contribution < 1.29 is 48.8 Å². The number of nitrogens with zero attached hydrogens (tertiary/aromatic N) is 1. The van der Waals surface area contributed by atoms with Crippen LogP contribution in [0.25, 0.3) is 0 Å². The molecule has 0 bridgehead atoms. The van der Waals surface area contributed by atoms with Crippen molar-refractivity contribution >= 4 is 29.5 Å². The Kier molecular flexibility index (Phi) is 9.10. The predicted octanol–water partition coefficient (Wildman–Crippen LogP) is 2.31. The average Bonchev–Trinajstić information content (AvgIpc) is 2.83. The summed E-state index contributed by atoms with van der Waals surface area (Å²) in [6.07, 6.45) is -3.50. The molecule has 1 aliphatic rings. The molecule has 11 nitrogen and oxygen atoms in total. The van der Waals surface area contributed by atoms with Gasteiger partial charge in [-0.1, -0.05) is 41.9 Å². The first-order valence-electron chi connectivity index (χ1n) is 10.9. The molecule has 0 aromatic heterocycles. The third kappa shape index (κ3) is 7.08. The maximum Gasteiger partial charge on any atom is 0.336 e. The molecule has 2 aromatic rings. The Morgan fingerprint density at radius 2 is 1.86 bits per heavy atom. The van der Waals surface area contributed by atoms with Crippen molar-refractivity contribution in [1.82, 2.24) is 5.06 Å². The number of morpholine rings is 1. The highest BCUT2D eigenvalue weighted by Gasteiger charge is 2.42. The fraction of sp³-hybridized carbons (Fsp3) is 0.375. The smallest absolute Gasteiger partial charge is 0.336 e. The molecule has 194 valence electrons. The number of hydroxylamine groups is 2. The van der Waals surface area contributed by atoms with Crippen LogP contribution in [-0.4, -0.2) is 76.8 Å². The molecule has 1 fully saturated rings. The van der Waals surface area contributed by atoms with Crippen molar-refractivity contribution in [1.29, 1.82) is 0 Å². The molecule has 0 radical (unpaired) electrons. The number of hydrogen-bond donors (Lipinski definition) is 3. The van der Waals surface area contributed by atoms with Crippen LogP contribution < -0.4 is 9.47 Å². The number of carboxylic acid groups (broad SMARTS) is 2. The second kappa shape index (κ2) is 12.0. The summed E-state index contributed by atoms with van der Waals surface area (Å²) in [4.78, 5) is 39.9.